The number of benzene rings is 3. The van der Waals surface area contributed by atoms with E-state index in [2.05, 4.69) is 127 Å². The van der Waals surface area contributed by atoms with Crippen LogP contribution in [0.25, 0.3) is 0 Å². The average Bonchev–Trinajstić information content (AvgIpc) is 2.99. The Hall–Kier alpha value is -2.31. The maximum Gasteiger partial charge on any atom is 0.127 e. The van der Waals surface area contributed by atoms with Gasteiger partial charge in [-0.1, -0.05) is 144 Å². The molecule has 1 aliphatic rings. The maximum absolute atomic E-state index is 7.04. The molecule has 0 bridgehead atoms. The summed E-state index contributed by atoms with van der Waals surface area (Å²) in [6.07, 6.45) is 9.98. The van der Waals surface area contributed by atoms with E-state index in [4.69, 9.17) is 4.74 Å². The lowest BCUT2D eigenvalue weighted by molar-refractivity contribution is 0.288. The molecule has 1 heterocycles. The van der Waals surface area contributed by atoms with Crippen molar-refractivity contribution in [3.8, 4) is 5.75 Å². The van der Waals surface area contributed by atoms with Gasteiger partial charge in [-0.15, -0.1) is 0 Å². The van der Waals surface area contributed by atoms with Crippen LogP contribution < -0.4 is 14.9 Å². The molecule has 0 spiro atoms. The Kier molecular flexibility index (Phi) is 11.4. The quantitative estimate of drug-likeness (QED) is 0.152. The van der Waals surface area contributed by atoms with Crippen molar-refractivity contribution in [2.24, 2.45) is 0 Å². The predicted molar refractivity (Wildman–Crippen MR) is 191 cm³/mol. The van der Waals surface area contributed by atoms with Crippen molar-refractivity contribution in [2.45, 2.75) is 129 Å². The number of para-hydroxylation sites is 1. The molecule has 1 fully saturated rings. The molecule has 234 valence electrons. The smallest absolute Gasteiger partial charge is 0.127 e. The molecule has 2 nitrogen and oxygen atoms in total. The van der Waals surface area contributed by atoms with Crippen LogP contribution in [0.3, 0.4) is 0 Å². The number of rotatable bonds is 12. The van der Waals surface area contributed by atoms with Crippen LogP contribution in [0, 0.1) is 0 Å². The van der Waals surface area contributed by atoms with E-state index in [1.165, 1.54) is 91.3 Å². The van der Waals surface area contributed by atoms with E-state index >= 15 is 0 Å². The zero-order valence-corrected chi connectivity index (χ0v) is 29.5. The van der Waals surface area contributed by atoms with Crippen molar-refractivity contribution in [3.05, 3.63) is 89.0 Å². The Labute approximate surface area is 265 Å². The molecule has 0 aromatic heterocycles. The van der Waals surface area contributed by atoms with E-state index in [-0.39, 0.29) is 16.0 Å². The van der Waals surface area contributed by atoms with Crippen LogP contribution in [-0.2, 0) is 22.6 Å². The zero-order chi connectivity index (χ0) is 31.1. The van der Waals surface area contributed by atoms with Gasteiger partial charge in [-0.25, -0.2) is 0 Å². The van der Waals surface area contributed by atoms with E-state index < -0.39 is 0 Å². The predicted octanol–water partition coefficient (Wildman–Crippen LogP) is 11.0. The van der Waals surface area contributed by atoms with Gasteiger partial charge >= 0.3 is 0 Å². The minimum Gasteiger partial charge on any atom is -0.488 e. The highest BCUT2D eigenvalue weighted by atomic mass is 31.1. The summed E-state index contributed by atoms with van der Waals surface area (Å²) < 4.78 is 7.04. The number of hydrogen-bond donors (Lipinski definition) is 0. The van der Waals surface area contributed by atoms with Gasteiger partial charge in [-0.3, -0.25) is 0 Å². The summed E-state index contributed by atoms with van der Waals surface area (Å²) in [5.74, 6) is 1.13. The number of ether oxygens (including phenoxy) is 1. The minimum absolute atomic E-state index is 0.00828. The molecule has 3 aromatic carbocycles. The van der Waals surface area contributed by atoms with E-state index in [0.717, 1.165) is 12.2 Å². The molecule has 3 aromatic rings. The second kappa shape index (κ2) is 14.6. The van der Waals surface area contributed by atoms with Crippen LogP contribution >= 0.6 is 8.58 Å². The van der Waals surface area contributed by atoms with Gasteiger partial charge in [0.05, 0.1) is 0 Å². The monoisotopic (exact) mass is 599 g/mol. The van der Waals surface area contributed by atoms with Crippen LogP contribution in [0.1, 0.15) is 129 Å². The highest BCUT2D eigenvalue weighted by molar-refractivity contribution is 7.49. The third-order valence-electron chi connectivity index (χ3n) is 9.29. The largest absolute Gasteiger partial charge is 0.488 e. The van der Waals surface area contributed by atoms with E-state index in [1.54, 1.807) is 0 Å². The summed E-state index contributed by atoms with van der Waals surface area (Å²) in [6.45, 7) is 21.9. The van der Waals surface area contributed by atoms with Crippen LogP contribution in [-0.4, -0.2) is 13.1 Å². The Bertz CT molecular complexity index is 1300. The fraction of sp³-hybridized carbons (Fsp3) is 0.550. The first-order valence-corrected chi connectivity index (χ1v) is 18.0. The van der Waals surface area contributed by atoms with Gasteiger partial charge < -0.3 is 9.64 Å². The number of nitrogens with zero attached hydrogens (tertiary/aromatic N) is 1. The molecular formula is C40H58NOP. The topological polar surface area (TPSA) is 12.5 Å². The molecular weight excluding hydrogens is 541 g/mol. The second-order valence-electron chi connectivity index (χ2n) is 14.8. The second-order valence-corrected chi connectivity index (χ2v) is 16.5. The van der Waals surface area contributed by atoms with Crippen molar-refractivity contribution < 1.29 is 4.74 Å². The summed E-state index contributed by atoms with van der Waals surface area (Å²) in [7, 11) is 0.683. The van der Waals surface area contributed by atoms with Gasteiger partial charge in [0, 0.05) is 35.1 Å². The Morgan fingerprint density at radius 1 is 0.744 bits per heavy atom. The molecule has 2 atom stereocenters. The van der Waals surface area contributed by atoms with Gasteiger partial charge in [0.15, 0.2) is 0 Å². The third kappa shape index (κ3) is 8.45. The molecule has 0 aliphatic carbocycles. The number of unbranched alkanes of at least 4 members (excludes halogenated alkanes) is 2. The van der Waals surface area contributed by atoms with Gasteiger partial charge in [0.1, 0.15) is 12.4 Å². The van der Waals surface area contributed by atoms with Gasteiger partial charge in [0.2, 0.25) is 0 Å². The minimum atomic E-state index is -0.0419. The van der Waals surface area contributed by atoms with Crippen molar-refractivity contribution in [1.82, 2.24) is 0 Å². The number of anilines is 1. The molecule has 43 heavy (non-hydrogen) atoms. The standard InChI is InChI=1S/C40H58NOP/c1-9-11-18-25-40(10-2,43-36-24-17-16-23-35(36)41-26-19-13-20-27-41)34-29-32(38(3,4)5)28-33(39(6,7)8)37(34)42-30-31-21-14-12-15-22-31/h12,14-17,21-24,28-29,43H,9-11,13,18-20,25-27,30H2,1-8H3. The fourth-order valence-corrected chi connectivity index (χ4v) is 8.37. The first-order chi connectivity index (χ1) is 20.5. The lowest BCUT2D eigenvalue weighted by atomic mass is 9.76. The van der Waals surface area contributed by atoms with Crippen LogP contribution in [0.15, 0.2) is 66.7 Å². The summed E-state index contributed by atoms with van der Waals surface area (Å²) >= 11 is 0. The van der Waals surface area contributed by atoms with Crippen LogP contribution in [0.2, 0.25) is 0 Å². The Morgan fingerprint density at radius 2 is 1.40 bits per heavy atom. The van der Waals surface area contributed by atoms with E-state index in [1.807, 2.05) is 0 Å². The summed E-state index contributed by atoms with van der Waals surface area (Å²) in [4.78, 5) is 2.66. The first-order valence-electron chi connectivity index (χ1n) is 17.0. The number of piperidine rings is 1. The van der Waals surface area contributed by atoms with Crippen molar-refractivity contribution in [3.63, 3.8) is 0 Å². The first kappa shape index (κ1) is 33.6. The highest BCUT2D eigenvalue weighted by Gasteiger charge is 2.38. The molecule has 4 rings (SSSR count). The fourth-order valence-electron chi connectivity index (χ4n) is 6.50. The molecule has 0 radical (unpaired) electrons. The lowest BCUT2D eigenvalue weighted by Crippen LogP contribution is -2.33. The van der Waals surface area contributed by atoms with E-state index in [0.29, 0.717) is 15.2 Å². The lowest BCUT2D eigenvalue weighted by Gasteiger charge is -2.40. The van der Waals surface area contributed by atoms with Crippen molar-refractivity contribution >= 4 is 19.6 Å². The zero-order valence-electron chi connectivity index (χ0n) is 28.5. The van der Waals surface area contributed by atoms with Gasteiger partial charge in [0.25, 0.3) is 0 Å². The molecule has 2 unspecified atom stereocenters. The molecule has 1 saturated heterocycles. The van der Waals surface area contributed by atoms with Gasteiger partial charge in [-0.2, -0.15) is 0 Å². The van der Waals surface area contributed by atoms with Gasteiger partial charge in [-0.05, 0) is 65.4 Å². The summed E-state index contributed by atoms with van der Waals surface area (Å²) in [6, 6.07) is 25.0. The Morgan fingerprint density at radius 3 is 2.02 bits per heavy atom. The number of hydrogen-bond acceptors (Lipinski definition) is 2. The Balaban J connectivity index is 1.93. The molecule has 0 amide bonds. The summed E-state index contributed by atoms with van der Waals surface area (Å²) in [5.41, 5.74) is 6.88. The van der Waals surface area contributed by atoms with Crippen LogP contribution in [0.4, 0.5) is 5.69 Å². The SMILES string of the molecule is CCCCCC(CC)(Pc1ccccc1N1CCCCC1)c1cc(C(C)(C)C)cc(C(C)(C)C)c1OCc1ccccc1. The maximum atomic E-state index is 7.04. The van der Waals surface area contributed by atoms with Crippen molar-refractivity contribution in [1.29, 1.82) is 0 Å². The molecule has 1 aliphatic heterocycles. The van der Waals surface area contributed by atoms with Crippen molar-refractivity contribution in [2.75, 3.05) is 18.0 Å². The highest BCUT2D eigenvalue weighted by Crippen LogP contribution is 2.55. The third-order valence-corrected chi connectivity index (χ3v) is 11.3. The van der Waals surface area contributed by atoms with Crippen LogP contribution in [0.5, 0.6) is 5.75 Å². The molecule has 0 saturated carbocycles. The summed E-state index contributed by atoms with van der Waals surface area (Å²) in [5, 5.41) is 1.53. The molecule has 3 heteroatoms. The molecule has 0 N–H and O–H groups in total. The average molecular weight is 600 g/mol. The van der Waals surface area contributed by atoms with E-state index in [9.17, 15) is 0 Å². The normalized spacial score (nSPS) is 16.0.